The monoisotopic (exact) mass is 247 g/mol. The number of aromatic amines is 1. The van der Waals surface area contributed by atoms with Gasteiger partial charge in [0.25, 0.3) is 0 Å². The third-order valence-electron chi connectivity index (χ3n) is 2.40. The molecule has 3 nitrogen and oxygen atoms in total. The number of rotatable bonds is 1. The van der Waals surface area contributed by atoms with E-state index in [4.69, 9.17) is 11.6 Å². The molecule has 0 saturated carbocycles. The molecule has 0 atom stereocenters. The highest BCUT2D eigenvalue weighted by Gasteiger charge is 2.07. The standard InChI is InChI=1S/C12H7ClFN3/c13-8-3-1-2-7(4-8)11-16-10-5-9(14)6-15-12(10)17-11/h1-6H,(H,15,16,17). The Hall–Kier alpha value is -1.94. The molecule has 1 aromatic carbocycles. The van der Waals surface area contributed by atoms with Crippen LogP contribution in [0.1, 0.15) is 0 Å². The van der Waals surface area contributed by atoms with E-state index in [1.54, 1.807) is 12.1 Å². The predicted molar refractivity (Wildman–Crippen MR) is 64.3 cm³/mol. The molecule has 3 rings (SSSR count). The summed E-state index contributed by atoms with van der Waals surface area (Å²) in [6.07, 6.45) is 1.14. The van der Waals surface area contributed by atoms with Gasteiger partial charge >= 0.3 is 0 Å². The zero-order valence-corrected chi connectivity index (χ0v) is 9.37. The van der Waals surface area contributed by atoms with E-state index in [-0.39, 0.29) is 0 Å². The Morgan fingerprint density at radius 2 is 2.12 bits per heavy atom. The highest BCUT2D eigenvalue weighted by atomic mass is 35.5. The van der Waals surface area contributed by atoms with Crippen LogP contribution in [-0.4, -0.2) is 15.0 Å². The highest BCUT2D eigenvalue weighted by molar-refractivity contribution is 6.30. The van der Waals surface area contributed by atoms with Crippen molar-refractivity contribution in [2.24, 2.45) is 0 Å². The van der Waals surface area contributed by atoms with Crippen molar-refractivity contribution in [1.82, 2.24) is 15.0 Å². The van der Waals surface area contributed by atoms with Crippen molar-refractivity contribution in [3.63, 3.8) is 0 Å². The minimum absolute atomic E-state index is 0.390. The fourth-order valence-electron chi connectivity index (χ4n) is 1.65. The van der Waals surface area contributed by atoms with Gasteiger partial charge in [0.1, 0.15) is 11.6 Å². The summed E-state index contributed by atoms with van der Waals surface area (Å²) in [5.41, 5.74) is 1.90. The van der Waals surface area contributed by atoms with Crippen LogP contribution in [0.2, 0.25) is 5.02 Å². The second kappa shape index (κ2) is 3.82. The van der Waals surface area contributed by atoms with Crippen LogP contribution in [0.5, 0.6) is 0 Å². The zero-order valence-electron chi connectivity index (χ0n) is 8.61. The van der Waals surface area contributed by atoms with Crippen molar-refractivity contribution in [2.75, 3.05) is 0 Å². The molecule has 0 bridgehead atoms. The summed E-state index contributed by atoms with van der Waals surface area (Å²) in [7, 11) is 0. The van der Waals surface area contributed by atoms with E-state index in [9.17, 15) is 4.39 Å². The number of nitrogens with one attached hydrogen (secondary N) is 1. The van der Waals surface area contributed by atoms with Gasteiger partial charge in [-0.15, -0.1) is 0 Å². The Bertz CT molecular complexity index is 693. The van der Waals surface area contributed by atoms with E-state index in [1.807, 2.05) is 12.1 Å². The summed E-state index contributed by atoms with van der Waals surface area (Å²) in [6.45, 7) is 0. The first-order chi connectivity index (χ1) is 8.22. The van der Waals surface area contributed by atoms with Gasteiger partial charge in [-0.1, -0.05) is 23.7 Å². The molecule has 0 radical (unpaired) electrons. The average molecular weight is 248 g/mol. The van der Waals surface area contributed by atoms with Crippen LogP contribution in [0.4, 0.5) is 4.39 Å². The summed E-state index contributed by atoms with van der Waals surface area (Å²) in [6, 6.07) is 8.64. The maximum absolute atomic E-state index is 13.0. The first kappa shape index (κ1) is 10.2. The Labute approximate surface area is 101 Å². The van der Waals surface area contributed by atoms with Gasteiger partial charge in [-0.05, 0) is 12.1 Å². The van der Waals surface area contributed by atoms with Gasteiger partial charge in [0, 0.05) is 16.7 Å². The number of nitrogens with zero attached hydrogens (tertiary/aromatic N) is 2. The molecule has 0 unspecified atom stereocenters. The quantitative estimate of drug-likeness (QED) is 0.716. The highest BCUT2D eigenvalue weighted by Crippen LogP contribution is 2.22. The topological polar surface area (TPSA) is 41.6 Å². The fraction of sp³-hybridized carbons (Fsp3) is 0. The molecule has 1 N–H and O–H groups in total. The number of benzene rings is 1. The minimum atomic E-state index is -0.390. The molecule has 17 heavy (non-hydrogen) atoms. The first-order valence-corrected chi connectivity index (χ1v) is 5.37. The van der Waals surface area contributed by atoms with Crippen LogP contribution in [0.25, 0.3) is 22.6 Å². The van der Waals surface area contributed by atoms with Gasteiger partial charge in [0.05, 0.1) is 11.7 Å². The molecule has 2 aromatic heterocycles. The Balaban J connectivity index is 2.18. The lowest BCUT2D eigenvalue weighted by Gasteiger charge is -1.95. The summed E-state index contributed by atoms with van der Waals surface area (Å²) in [4.78, 5) is 11.2. The lowest BCUT2D eigenvalue weighted by atomic mass is 10.2. The summed E-state index contributed by atoms with van der Waals surface area (Å²) >= 11 is 5.90. The Morgan fingerprint density at radius 3 is 2.94 bits per heavy atom. The Kier molecular flexibility index (Phi) is 2.30. The molecule has 0 fully saturated rings. The van der Waals surface area contributed by atoms with E-state index in [0.717, 1.165) is 11.8 Å². The van der Waals surface area contributed by atoms with Crippen molar-refractivity contribution in [1.29, 1.82) is 0 Å². The maximum atomic E-state index is 13.0. The molecule has 0 aliphatic carbocycles. The lowest BCUT2D eigenvalue weighted by molar-refractivity contribution is 0.624. The van der Waals surface area contributed by atoms with Crippen LogP contribution in [0.15, 0.2) is 36.5 Å². The van der Waals surface area contributed by atoms with Crippen molar-refractivity contribution < 1.29 is 4.39 Å². The smallest absolute Gasteiger partial charge is 0.178 e. The van der Waals surface area contributed by atoms with Gasteiger partial charge in [0.15, 0.2) is 5.65 Å². The molecule has 84 valence electrons. The van der Waals surface area contributed by atoms with E-state index >= 15 is 0 Å². The molecule has 2 heterocycles. The van der Waals surface area contributed by atoms with Crippen LogP contribution in [0, 0.1) is 5.82 Å². The maximum Gasteiger partial charge on any atom is 0.178 e. The minimum Gasteiger partial charge on any atom is -0.336 e. The van der Waals surface area contributed by atoms with E-state index in [1.165, 1.54) is 6.07 Å². The molecular formula is C12H7ClFN3. The third-order valence-corrected chi connectivity index (χ3v) is 2.64. The zero-order chi connectivity index (χ0) is 11.8. The van der Waals surface area contributed by atoms with Crippen molar-refractivity contribution in [2.45, 2.75) is 0 Å². The average Bonchev–Trinajstić information content (AvgIpc) is 2.72. The second-order valence-electron chi connectivity index (χ2n) is 3.62. The van der Waals surface area contributed by atoms with Crippen molar-refractivity contribution in [3.05, 3.63) is 47.4 Å². The number of imidazole rings is 1. The summed E-state index contributed by atoms with van der Waals surface area (Å²) in [5, 5.41) is 0.627. The molecule has 5 heteroatoms. The van der Waals surface area contributed by atoms with Crippen molar-refractivity contribution in [3.8, 4) is 11.4 Å². The van der Waals surface area contributed by atoms with Gasteiger partial charge in [0.2, 0.25) is 0 Å². The number of hydrogen-bond acceptors (Lipinski definition) is 2. The van der Waals surface area contributed by atoms with Crippen molar-refractivity contribution >= 4 is 22.8 Å². The largest absolute Gasteiger partial charge is 0.336 e. The fourth-order valence-corrected chi connectivity index (χ4v) is 1.84. The molecule has 0 spiro atoms. The summed E-state index contributed by atoms with van der Waals surface area (Å²) < 4.78 is 13.0. The molecule has 0 aliphatic rings. The number of halogens is 2. The van der Waals surface area contributed by atoms with Gasteiger partial charge in [-0.3, -0.25) is 0 Å². The SMILES string of the molecule is Fc1cnc2nc(-c3cccc(Cl)c3)[nH]c2c1. The van der Waals surface area contributed by atoms with Crippen LogP contribution < -0.4 is 0 Å². The lowest BCUT2D eigenvalue weighted by Crippen LogP contribution is -1.79. The first-order valence-electron chi connectivity index (χ1n) is 4.99. The van der Waals surface area contributed by atoms with Crippen LogP contribution >= 0.6 is 11.6 Å². The van der Waals surface area contributed by atoms with E-state index in [2.05, 4.69) is 15.0 Å². The third kappa shape index (κ3) is 1.87. The molecule has 0 saturated heterocycles. The van der Waals surface area contributed by atoms with E-state index < -0.39 is 5.82 Å². The Morgan fingerprint density at radius 1 is 1.24 bits per heavy atom. The summed E-state index contributed by atoms with van der Waals surface area (Å²) in [5.74, 6) is 0.236. The number of hydrogen-bond donors (Lipinski definition) is 1. The second-order valence-corrected chi connectivity index (χ2v) is 4.06. The van der Waals surface area contributed by atoms with Gasteiger partial charge < -0.3 is 4.98 Å². The number of aromatic nitrogens is 3. The van der Waals surface area contributed by atoms with Gasteiger partial charge in [-0.25, -0.2) is 14.4 Å². The molecular weight excluding hydrogens is 241 g/mol. The van der Waals surface area contributed by atoms with Crippen LogP contribution in [-0.2, 0) is 0 Å². The van der Waals surface area contributed by atoms with Gasteiger partial charge in [-0.2, -0.15) is 0 Å². The molecule has 0 amide bonds. The van der Waals surface area contributed by atoms with E-state index in [0.29, 0.717) is 22.0 Å². The molecule has 0 aliphatic heterocycles. The number of H-pyrrole nitrogens is 1. The van der Waals surface area contributed by atoms with Crippen LogP contribution in [0.3, 0.4) is 0 Å². The molecule has 3 aromatic rings. The predicted octanol–water partition coefficient (Wildman–Crippen LogP) is 3.42. The number of fused-ring (bicyclic) bond motifs is 1. The number of pyridine rings is 1. The normalized spacial score (nSPS) is 10.9.